The van der Waals surface area contributed by atoms with Crippen molar-refractivity contribution >= 4 is 22.1 Å². The van der Waals surface area contributed by atoms with E-state index in [-0.39, 0.29) is 18.0 Å². The van der Waals surface area contributed by atoms with E-state index in [0.717, 1.165) is 6.08 Å². The van der Waals surface area contributed by atoms with Crippen LogP contribution in [0.25, 0.3) is 6.08 Å². The largest absolute Gasteiger partial charge is 0.478 e. The first-order valence-corrected chi connectivity index (χ1v) is 6.55. The Labute approximate surface area is 105 Å². The zero-order valence-corrected chi connectivity index (χ0v) is 10.2. The van der Waals surface area contributed by atoms with Gasteiger partial charge in [0.25, 0.3) is 0 Å². The van der Waals surface area contributed by atoms with Crippen LogP contribution < -0.4 is 4.72 Å². The highest BCUT2D eigenvalue weighted by Crippen LogP contribution is 2.11. The number of nitrogens with one attached hydrogen (secondary N) is 1. The van der Waals surface area contributed by atoms with Crippen LogP contribution in [-0.2, 0) is 14.8 Å². The summed E-state index contributed by atoms with van der Waals surface area (Å²) < 4.78 is 25.5. The third-order valence-electron chi connectivity index (χ3n) is 2.01. The molecule has 98 valence electrons. The first-order chi connectivity index (χ1) is 8.45. The van der Waals surface area contributed by atoms with Gasteiger partial charge in [-0.05, 0) is 23.8 Å². The van der Waals surface area contributed by atoms with Gasteiger partial charge in [-0.3, -0.25) is 0 Å². The highest BCUT2D eigenvalue weighted by molar-refractivity contribution is 7.89. The molecular formula is C11H13NO5S. The molecule has 0 saturated heterocycles. The Balaban J connectivity index is 2.86. The molecule has 1 aromatic rings. The molecule has 3 N–H and O–H groups in total. The number of rotatable bonds is 6. The molecule has 0 aliphatic heterocycles. The van der Waals surface area contributed by atoms with Crippen LogP contribution in [0.1, 0.15) is 5.56 Å². The van der Waals surface area contributed by atoms with Gasteiger partial charge in [0.2, 0.25) is 10.0 Å². The van der Waals surface area contributed by atoms with E-state index in [2.05, 4.69) is 4.72 Å². The topological polar surface area (TPSA) is 104 Å². The number of benzene rings is 1. The Hall–Kier alpha value is -1.70. The summed E-state index contributed by atoms with van der Waals surface area (Å²) in [4.78, 5) is 10.4. The van der Waals surface area contributed by atoms with Gasteiger partial charge in [0.05, 0.1) is 11.5 Å². The average molecular weight is 271 g/mol. The molecule has 0 spiro atoms. The van der Waals surface area contributed by atoms with Crippen LogP contribution in [-0.4, -0.2) is 37.8 Å². The van der Waals surface area contributed by atoms with Gasteiger partial charge in [-0.1, -0.05) is 12.1 Å². The fourth-order valence-corrected chi connectivity index (χ4v) is 2.21. The molecule has 0 unspecified atom stereocenters. The number of carboxylic acid groups (broad SMARTS) is 1. The van der Waals surface area contributed by atoms with Crippen molar-refractivity contribution in [1.29, 1.82) is 0 Å². The van der Waals surface area contributed by atoms with Crippen molar-refractivity contribution in [3.05, 3.63) is 35.9 Å². The number of sulfonamides is 1. The van der Waals surface area contributed by atoms with Crippen molar-refractivity contribution in [2.45, 2.75) is 4.90 Å². The lowest BCUT2D eigenvalue weighted by molar-refractivity contribution is -0.131. The summed E-state index contributed by atoms with van der Waals surface area (Å²) in [6.45, 7) is -0.332. The average Bonchev–Trinajstić information content (AvgIpc) is 2.34. The summed E-state index contributed by atoms with van der Waals surface area (Å²) in [7, 11) is -3.62. The summed E-state index contributed by atoms with van der Waals surface area (Å²) in [5, 5.41) is 17.0. The number of hydrogen-bond acceptors (Lipinski definition) is 4. The van der Waals surface area contributed by atoms with E-state index in [4.69, 9.17) is 10.2 Å². The molecule has 0 aliphatic rings. The molecule has 0 saturated carbocycles. The smallest absolute Gasteiger partial charge is 0.328 e. The fourth-order valence-electron chi connectivity index (χ4n) is 1.19. The van der Waals surface area contributed by atoms with Gasteiger partial charge in [-0.15, -0.1) is 0 Å². The zero-order valence-electron chi connectivity index (χ0n) is 9.41. The molecule has 0 atom stereocenters. The third kappa shape index (κ3) is 4.28. The minimum absolute atomic E-state index is 0.0526. The number of aliphatic hydroxyl groups excluding tert-OH is 1. The molecule has 1 rings (SSSR count). The van der Waals surface area contributed by atoms with E-state index >= 15 is 0 Å². The van der Waals surface area contributed by atoms with E-state index in [1.807, 2.05) is 0 Å². The molecule has 18 heavy (non-hydrogen) atoms. The standard InChI is InChI=1S/C11H13NO5S/c13-8-7-12-18(16,17)10-4-1-9(2-5-10)3-6-11(14)15/h1-6,12-13H,7-8H2,(H,14,15). The maximum atomic E-state index is 11.6. The van der Waals surface area contributed by atoms with E-state index in [1.54, 1.807) is 0 Å². The maximum Gasteiger partial charge on any atom is 0.328 e. The van der Waals surface area contributed by atoms with Crippen LogP contribution in [0.3, 0.4) is 0 Å². The quantitative estimate of drug-likeness (QED) is 0.634. The van der Waals surface area contributed by atoms with Crippen molar-refractivity contribution in [1.82, 2.24) is 4.72 Å². The number of carbonyl (C=O) groups is 1. The Morgan fingerprint density at radius 1 is 1.28 bits per heavy atom. The van der Waals surface area contributed by atoms with Crippen molar-refractivity contribution < 1.29 is 23.4 Å². The monoisotopic (exact) mass is 271 g/mol. The second kappa shape index (κ2) is 6.29. The van der Waals surface area contributed by atoms with Gasteiger partial charge in [0, 0.05) is 12.6 Å². The molecule has 0 aromatic heterocycles. The maximum absolute atomic E-state index is 11.6. The van der Waals surface area contributed by atoms with E-state index in [0.29, 0.717) is 5.56 Å². The Kier molecular flexibility index (Phi) is 5.02. The van der Waals surface area contributed by atoms with Crippen LogP contribution >= 0.6 is 0 Å². The Bertz CT molecular complexity index is 533. The SMILES string of the molecule is O=C(O)C=Cc1ccc(S(=O)(=O)NCCO)cc1. The molecule has 7 heteroatoms. The van der Waals surface area contributed by atoms with E-state index in [1.165, 1.54) is 30.3 Å². The van der Waals surface area contributed by atoms with Gasteiger partial charge in [0.15, 0.2) is 0 Å². The summed E-state index contributed by atoms with van der Waals surface area (Å²) in [5.74, 6) is -1.07. The minimum atomic E-state index is -3.62. The highest BCUT2D eigenvalue weighted by Gasteiger charge is 2.12. The van der Waals surface area contributed by atoms with E-state index in [9.17, 15) is 13.2 Å². The molecule has 1 aromatic carbocycles. The summed E-state index contributed by atoms with van der Waals surface area (Å²) in [6, 6.07) is 5.71. The van der Waals surface area contributed by atoms with Crippen LogP contribution in [0.2, 0.25) is 0 Å². The molecule has 6 nitrogen and oxygen atoms in total. The Morgan fingerprint density at radius 2 is 1.89 bits per heavy atom. The summed E-state index contributed by atoms with van der Waals surface area (Å²) in [6.07, 6.45) is 2.33. The second-order valence-corrected chi connectivity index (χ2v) is 5.13. The number of hydrogen-bond donors (Lipinski definition) is 3. The second-order valence-electron chi connectivity index (χ2n) is 3.36. The first-order valence-electron chi connectivity index (χ1n) is 5.07. The fraction of sp³-hybridized carbons (Fsp3) is 0.182. The molecule has 0 aliphatic carbocycles. The number of carboxylic acids is 1. The van der Waals surface area contributed by atoms with E-state index < -0.39 is 16.0 Å². The van der Waals surface area contributed by atoms with Crippen molar-refractivity contribution in [2.24, 2.45) is 0 Å². The van der Waals surface area contributed by atoms with Crippen molar-refractivity contribution in [2.75, 3.05) is 13.2 Å². The molecule has 0 bridgehead atoms. The highest BCUT2D eigenvalue weighted by atomic mass is 32.2. The molecule has 0 amide bonds. The Morgan fingerprint density at radius 3 is 2.39 bits per heavy atom. The number of aliphatic hydroxyl groups is 1. The van der Waals surface area contributed by atoms with Crippen LogP contribution in [0, 0.1) is 0 Å². The lowest BCUT2D eigenvalue weighted by Crippen LogP contribution is -2.26. The zero-order chi connectivity index (χ0) is 13.6. The van der Waals surface area contributed by atoms with Crippen molar-refractivity contribution in [3.8, 4) is 0 Å². The van der Waals surface area contributed by atoms with Gasteiger partial charge >= 0.3 is 5.97 Å². The normalized spacial score (nSPS) is 11.8. The molecule has 0 radical (unpaired) electrons. The van der Waals surface area contributed by atoms with Gasteiger partial charge in [-0.25, -0.2) is 17.9 Å². The van der Waals surface area contributed by atoms with Crippen LogP contribution in [0.5, 0.6) is 0 Å². The summed E-state index contributed by atoms with van der Waals surface area (Å²) in [5.41, 5.74) is 0.582. The minimum Gasteiger partial charge on any atom is -0.478 e. The van der Waals surface area contributed by atoms with Gasteiger partial charge in [-0.2, -0.15) is 0 Å². The van der Waals surface area contributed by atoms with Crippen LogP contribution in [0.4, 0.5) is 0 Å². The lowest BCUT2D eigenvalue weighted by Gasteiger charge is -2.05. The predicted molar refractivity (Wildman–Crippen MR) is 65.4 cm³/mol. The first kappa shape index (κ1) is 14.4. The van der Waals surface area contributed by atoms with Gasteiger partial charge < -0.3 is 10.2 Å². The lowest BCUT2D eigenvalue weighted by atomic mass is 10.2. The van der Waals surface area contributed by atoms with Crippen LogP contribution in [0.15, 0.2) is 35.2 Å². The van der Waals surface area contributed by atoms with Crippen molar-refractivity contribution in [3.63, 3.8) is 0 Å². The third-order valence-corrected chi connectivity index (χ3v) is 3.49. The predicted octanol–water partition coefficient (Wildman–Crippen LogP) is 0.0550. The molecule has 0 heterocycles. The molecular weight excluding hydrogens is 258 g/mol. The molecule has 0 fully saturated rings. The summed E-state index contributed by atoms with van der Waals surface area (Å²) >= 11 is 0. The number of aliphatic carboxylic acids is 1. The van der Waals surface area contributed by atoms with Gasteiger partial charge in [0.1, 0.15) is 0 Å².